The lowest BCUT2D eigenvalue weighted by Gasteiger charge is -2.35. The summed E-state index contributed by atoms with van der Waals surface area (Å²) in [5.74, 6) is 1.06. The molecule has 0 spiro atoms. The number of nitrogens with zero attached hydrogens (tertiary/aromatic N) is 1. The molecule has 1 aromatic carbocycles. The maximum Gasteiger partial charge on any atom is 0.122 e. The third-order valence-electron chi connectivity index (χ3n) is 3.02. The molecule has 1 aromatic rings. The third-order valence-corrected chi connectivity index (χ3v) is 3.02. The second kappa shape index (κ2) is 5.68. The highest BCUT2D eigenvalue weighted by Crippen LogP contribution is 2.29. The Bertz CT molecular complexity index is 388. The Balaban J connectivity index is 0.000000437. The van der Waals surface area contributed by atoms with Crippen LogP contribution in [0.2, 0.25) is 0 Å². The Morgan fingerprint density at radius 3 is 2.65 bits per heavy atom. The summed E-state index contributed by atoms with van der Waals surface area (Å²) in [5, 5.41) is 8.25. The number of fused-ring (bicyclic) bond motifs is 1. The highest BCUT2D eigenvalue weighted by molar-refractivity contribution is 5.40. The summed E-state index contributed by atoms with van der Waals surface area (Å²) in [6.07, 6.45) is 1.13. The molecule has 0 saturated heterocycles. The number of rotatable bonds is 1. The van der Waals surface area contributed by atoms with Crippen molar-refractivity contribution in [2.75, 3.05) is 27.7 Å². The second-order valence-corrected chi connectivity index (χ2v) is 4.76. The zero-order valence-corrected chi connectivity index (χ0v) is 10.6. The topological polar surface area (TPSA) is 49.4 Å². The summed E-state index contributed by atoms with van der Waals surface area (Å²) in [4.78, 5) is 8.25. The Kier molecular flexibility index (Phi) is 4.52. The van der Waals surface area contributed by atoms with Gasteiger partial charge in [0.15, 0.2) is 0 Å². The maximum atomic E-state index is 8.25. The number of quaternary nitrogens is 1. The van der Waals surface area contributed by atoms with Crippen molar-refractivity contribution in [1.82, 2.24) is 0 Å². The molecule has 0 unspecified atom stereocenters. The van der Waals surface area contributed by atoms with Crippen molar-refractivity contribution < 1.29 is 19.1 Å². The molecule has 1 aliphatic rings. The molecule has 4 heteroatoms. The number of carboxylic acid groups (broad SMARTS) is 1. The predicted molar refractivity (Wildman–Crippen MR) is 63.4 cm³/mol. The summed E-state index contributed by atoms with van der Waals surface area (Å²) < 4.78 is 6.46. The smallest absolute Gasteiger partial charge is 0.122 e. The third kappa shape index (κ3) is 3.46. The van der Waals surface area contributed by atoms with Gasteiger partial charge < -0.3 is 19.1 Å². The minimum Gasteiger partial charge on any atom is -0.554 e. The zero-order valence-electron chi connectivity index (χ0n) is 10.6. The average molecular weight is 237 g/mol. The van der Waals surface area contributed by atoms with Gasteiger partial charge in [0.25, 0.3) is 0 Å². The highest BCUT2D eigenvalue weighted by Gasteiger charge is 2.25. The van der Waals surface area contributed by atoms with Crippen LogP contribution >= 0.6 is 0 Å². The summed E-state index contributed by atoms with van der Waals surface area (Å²) in [5.41, 5.74) is 2.85. The number of methoxy groups -OCH3 is 1. The standard InChI is InChI=1S/C12H18NO.CH2O2/c1-13(2)8-7-11-10(9-13)5-4-6-12(11)14-3;2-1-3/h4-6H,7-9H2,1-3H3;1H,(H,2,3)/q+1;/p-1. The molecule has 0 fully saturated rings. The van der Waals surface area contributed by atoms with Crippen LogP contribution in [-0.2, 0) is 17.8 Å². The molecule has 17 heavy (non-hydrogen) atoms. The lowest BCUT2D eigenvalue weighted by Crippen LogP contribution is -2.43. The van der Waals surface area contributed by atoms with Gasteiger partial charge in [0.05, 0.1) is 27.7 Å². The highest BCUT2D eigenvalue weighted by atomic mass is 16.5. The first-order chi connectivity index (χ1) is 8.04. The van der Waals surface area contributed by atoms with Crippen molar-refractivity contribution in [3.8, 4) is 5.75 Å². The first kappa shape index (κ1) is 13.5. The van der Waals surface area contributed by atoms with Crippen LogP contribution in [0.1, 0.15) is 11.1 Å². The first-order valence-electron chi connectivity index (χ1n) is 5.56. The number of hydrogen-bond acceptors (Lipinski definition) is 3. The fourth-order valence-electron chi connectivity index (χ4n) is 2.19. The molecular formula is C13H19NO3. The van der Waals surface area contributed by atoms with E-state index in [1.54, 1.807) is 7.11 Å². The van der Waals surface area contributed by atoms with Crippen LogP contribution in [0.4, 0.5) is 0 Å². The zero-order chi connectivity index (χ0) is 12.9. The van der Waals surface area contributed by atoms with Gasteiger partial charge in [-0.1, -0.05) is 12.1 Å². The number of carbonyl (C=O) groups excluding carboxylic acids is 1. The van der Waals surface area contributed by atoms with Crippen molar-refractivity contribution in [3.05, 3.63) is 29.3 Å². The predicted octanol–water partition coefficient (Wildman–Crippen LogP) is 0.194. The lowest BCUT2D eigenvalue weighted by atomic mass is 9.98. The molecule has 1 heterocycles. The van der Waals surface area contributed by atoms with E-state index in [0.29, 0.717) is 0 Å². The molecule has 0 aliphatic carbocycles. The molecule has 2 rings (SSSR count). The molecule has 0 saturated carbocycles. The number of ether oxygens (including phenoxy) is 1. The normalized spacial score (nSPS) is 16.2. The van der Waals surface area contributed by atoms with Gasteiger partial charge in [-0.15, -0.1) is 0 Å². The van der Waals surface area contributed by atoms with Crippen LogP contribution in [-0.4, -0.2) is 38.7 Å². The Morgan fingerprint density at radius 1 is 1.41 bits per heavy atom. The summed E-state index contributed by atoms with van der Waals surface area (Å²) in [6, 6.07) is 6.37. The van der Waals surface area contributed by atoms with E-state index in [9.17, 15) is 0 Å². The van der Waals surface area contributed by atoms with Crippen LogP contribution in [0.5, 0.6) is 5.75 Å². The van der Waals surface area contributed by atoms with Crippen molar-refractivity contribution in [1.29, 1.82) is 0 Å². The van der Waals surface area contributed by atoms with Crippen LogP contribution in [0.15, 0.2) is 18.2 Å². The number of hydrogen-bond donors (Lipinski definition) is 0. The number of benzene rings is 1. The maximum absolute atomic E-state index is 8.25. The van der Waals surface area contributed by atoms with Crippen LogP contribution in [0.25, 0.3) is 0 Å². The molecule has 0 atom stereocenters. The van der Waals surface area contributed by atoms with Gasteiger partial charge in [0, 0.05) is 24.0 Å². The molecule has 4 nitrogen and oxygen atoms in total. The van der Waals surface area contributed by atoms with E-state index >= 15 is 0 Å². The van der Waals surface area contributed by atoms with E-state index in [4.69, 9.17) is 14.6 Å². The van der Waals surface area contributed by atoms with E-state index < -0.39 is 6.47 Å². The summed E-state index contributed by atoms with van der Waals surface area (Å²) in [7, 11) is 6.31. The van der Waals surface area contributed by atoms with Gasteiger partial charge in [-0.25, -0.2) is 0 Å². The molecule has 94 valence electrons. The van der Waals surface area contributed by atoms with E-state index in [-0.39, 0.29) is 0 Å². The lowest BCUT2D eigenvalue weighted by molar-refractivity contribution is -0.905. The average Bonchev–Trinajstić information content (AvgIpc) is 2.27. The summed E-state index contributed by atoms with van der Waals surface area (Å²) >= 11 is 0. The monoisotopic (exact) mass is 237 g/mol. The van der Waals surface area contributed by atoms with E-state index in [0.717, 1.165) is 23.2 Å². The second-order valence-electron chi connectivity index (χ2n) is 4.76. The molecule has 0 amide bonds. The van der Waals surface area contributed by atoms with Crippen molar-refractivity contribution >= 4 is 6.47 Å². The molecular weight excluding hydrogens is 218 g/mol. The van der Waals surface area contributed by atoms with Gasteiger partial charge in [0.2, 0.25) is 0 Å². The van der Waals surface area contributed by atoms with Crippen LogP contribution in [0.3, 0.4) is 0 Å². The molecule has 0 bridgehead atoms. The van der Waals surface area contributed by atoms with E-state index in [2.05, 4.69) is 32.3 Å². The first-order valence-corrected chi connectivity index (χ1v) is 5.56. The van der Waals surface area contributed by atoms with E-state index in [1.807, 2.05) is 0 Å². The van der Waals surface area contributed by atoms with Crippen molar-refractivity contribution in [3.63, 3.8) is 0 Å². The molecule has 0 radical (unpaired) electrons. The van der Waals surface area contributed by atoms with Gasteiger partial charge in [0.1, 0.15) is 12.3 Å². The SMILES string of the molecule is COc1cccc2c1CC[N+](C)(C)C2.O=C[O-]. The van der Waals surface area contributed by atoms with Gasteiger partial charge in [-0.05, 0) is 6.07 Å². The van der Waals surface area contributed by atoms with E-state index in [1.165, 1.54) is 17.7 Å². The molecule has 1 aliphatic heterocycles. The van der Waals surface area contributed by atoms with Crippen molar-refractivity contribution in [2.24, 2.45) is 0 Å². The minimum atomic E-state index is -0.500. The Hall–Kier alpha value is -1.55. The molecule has 0 N–H and O–H groups in total. The quantitative estimate of drug-likeness (QED) is 0.517. The van der Waals surface area contributed by atoms with Crippen LogP contribution < -0.4 is 9.84 Å². The van der Waals surface area contributed by atoms with Gasteiger partial charge >= 0.3 is 0 Å². The van der Waals surface area contributed by atoms with Crippen LogP contribution in [0, 0.1) is 0 Å². The van der Waals surface area contributed by atoms with Crippen molar-refractivity contribution in [2.45, 2.75) is 13.0 Å². The fraction of sp³-hybridized carbons (Fsp3) is 0.462. The van der Waals surface area contributed by atoms with Gasteiger partial charge in [-0.2, -0.15) is 0 Å². The fourth-order valence-corrected chi connectivity index (χ4v) is 2.19. The Labute approximate surface area is 102 Å². The Morgan fingerprint density at radius 2 is 2.06 bits per heavy atom. The largest absolute Gasteiger partial charge is 0.554 e. The molecule has 0 aromatic heterocycles. The minimum absolute atomic E-state index is 0.500. The summed E-state index contributed by atoms with van der Waals surface area (Å²) in [6.45, 7) is 1.82. The van der Waals surface area contributed by atoms with Gasteiger partial charge in [-0.3, -0.25) is 0 Å². The number of likely N-dealkylation sites (N-methyl/N-ethyl adjacent to an activating group) is 1. The number of carbonyl (C=O) groups is 1.